The molecular weight excluding hydrogens is 436 g/mol. The first-order valence-corrected chi connectivity index (χ1v) is 10.8. The Bertz CT molecular complexity index is 1190. The number of allylic oxidation sites excluding steroid dienone is 1. The Balaban J connectivity index is 1.27. The SMILES string of the molecule is COc1ccc(/C=C2\Oc3ccc(OCCCOc4ccc(CC(=O)O)cc4)cc3C2=O)cc1. The van der Waals surface area contributed by atoms with E-state index in [1.807, 2.05) is 24.3 Å². The molecule has 7 heteroatoms. The Kier molecular flexibility index (Phi) is 7.13. The quantitative estimate of drug-likeness (QED) is 0.344. The third kappa shape index (κ3) is 5.75. The lowest BCUT2D eigenvalue weighted by Crippen LogP contribution is -2.05. The number of carboxylic acid groups (broad SMARTS) is 1. The van der Waals surface area contributed by atoms with Crippen molar-refractivity contribution in [3.05, 3.63) is 89.2 Å². The summed E-state index contributed by atoms with van der Waals surface area (Å²) in [5.41, 5.74) is 2.03. The normalized spacial score (nSPS) is 13.3. The van der Waals surface area contributed by atoms with E-state index in [0.29, 0.717) is 42.4 Å². The van der Waals surface area contributed by atoms with E-state index in [1.54, 1.807) is 55.7 Å². The predicted molar refractivity (Wildman–Crippen MR) is 126 cm³/mol. The largest absolute Gasteiger partial charge is 0.497 e. The number of fused-ring (bicyclic) bond motifs is 1. The maximum Gasteiger partial charge on any atom is 0.307 e. The second kappa shape index (κ2) is 10.6. The number of hydrogen-bond donors (Lipinski definition) is 1. The molecule has 174 valence electrons. The summed E-state index contributed by atoms with van der Waals surface area (Å²) in [5, 5.41) is 8.81. The molecule has 0 fully saturated rings. The fourth-order valence-corrected chi connectivity index (χ4v) is 3.43. The molecule has 4 rings (SSSR count). The summed E-state index contributed by atoms with van der Waals surface area (Å²) in [4.78, 5) is 23.5. The molecule has 0 unspecified atom stereocenters. The van der Waals surface area contributed by atoms with Crippen LogP contribution >= 0.6 is 0 Å². The van der Waals surface area contributed by atoms with Gasteiger partial charge in [-0.05, 0) is 59.7 Å². The molecule has 3 aromatic rings. The van der Waals surface area contributed by atoms with Crippen LogP contribution in [0.2, 0.25) is 0 Å². The van der Waals surface area contributed by atoms with Crippen molar-refractivity contribution in [2.75, 3.05) is 20.3 Å². The van der Waals surface area contributed by atoms with Gasteiger partial charge in [-0.25, -0.2) is 0 Å². The number of methoxy groups -OCH3 is 1. The number of ether oxygens (including phenoxy) is 4. The zero-order valence-electron chi connectivity index (χ0n) is 18.7. The van der Waals surface area contributed by atoms with Crippen molar-refractivity contribution >= 4 is 17.8 Å². The molecule has 3 aromatic carbocycles. The van der Waals surface area contributed by atoms with Crippen molar-refractivity contribution in [2.45, 2.75) is 12.8 Å². The van der Waals surface area contributed by atoms with Gasteiger partial charge in [0.15, 0.2) is 5.76 Å². The zero-order valence-corrected chi connectivity index (χ0v) is 18.7. The summed E-state index contributed by atoms with van der Waals surface area (Å²) in [6.07, 6.45) is 2.33. The average molecular weight is 460 g/mol. The van der Waals surface area contributed by atoms with Crippen molar-refractivity contribution < 1.29 is 33.6 Å². The van der Waals surface area contributed by atoms with Crippen LogP contribution in [-0.2, 0) is 11.2 Å². The van der Waals surface area contributed by atoms with Gasteiger partial charge in [0.25, 0.3) is 0 Å². The first-order valence-electron chi connectivity index (χ1n) is 10.8. The van der Waals surface area contributed by atoms with Crippen LogP contribution in [0.3, 0.4) is 0 Å². The number of ketones is 1. The monoisotopic (exact) mass is 460 g/mol. The van der Waals surface area contributed by atoms with Crippen molar-refractivity contribution in [1.82, 2.24) is 0 Å². The van der Waals surface area contributed by atoms with Crippen LogP contribution in [-0.4, -0.2) is 37.2 Å². The third-order valence-corrected chi connectivity index (χ3v) is 5.16. The minimum absolute atomic E-state index is 0.0127. The number of hydrogen-bond acceptors (Lipinski definition) is 6. The lowest BCUT2D eigenvalue weighted by Gasteiger charge is -2.09. The third-order valence-electron chi connectivity index (χ3n) is 5.16. The van der Waals surface area contributed by atoms with Gasteiger partial charge in [0.05, 0.1) is 32.3 Å². The second-order valence-electron chi connectivity index (χ2n) is 7.64. The molecule has 0 radical (unpaired) electrons. The smallest absolute Gasteiger partial charge is 0.307 e. The van der Waals surface area contributed by atoms with Crippen LogP contribution < -0.4 is 18.9 Å². The number of carboxylic acids is 1. The van der Waals surface area contributed by atoms with Crippen molar-refractivity contribution in [3.63, 3.8) is 0 Å². The van der Waals surface area contributed by atoms with Crippen molar-refractivity contribution in [3.8, 4) is 23.0 Å². The highest BCUT2D eigenvalue weighted by atomic mass is 16.5. The Hall–Kier alpha value is -4.26. The van der Waals surface area contributed by atoms with E-state index in [-0.39, 0.29) is 18.0 Å². The number of benzene rings is 3. The highest BCUT2D eigenvalue weighted by molar-refractivity contribution is 6.14. The highest BCUT2D eigenvalue weighted by Gasteiger charge is 2.27. The van der Waals surface area contributed by atoms with E-state index in [1.165, 1.54) is 0 Å². The minimum Gasteiger partial charge on any atom is -0.497 e. The molecule has 1 heterocycles. The maximum absolute atomic E-state index is 12.8. The summed E-state index contributed by atoms with van der Waals surface area (Å²) in [5.74, 6) is 1.71. The Morgan fingerprint density at radius 2 is 1.56 bits per heavy atom. The molecule has 0 atom stereocenters. The lowest BCUT2D eigenvalue weighted by atomic mass is 10.1. The molecule has 34 heavy (non-hydrogen) atoms. The van der Waals surface area contributed by atoms with E-state index in [9.17, 15) is 9.59 Å². The fraction of sp³-hybridized carbons (Fsp3) is 0.185. The molecule has 1 aliphatic rings. The summed E-state index contributed by atoms with van der Waals surface area (Å²) in [7, 11) is 1.60. The van der Waals surface area contributed by atoms with Gasteiger partial charge >= 0.3 is 5.97 Å². The van der Waals surface area contributed by atoms with Crippen LogP contribution in [0.25, 0.3) is 6.08 Å². The first-order chi connectivity index (χ1) is 16.5. The van der Waals surface area contributed by atoms with Gasteiger partial charge in [-0.1, -0.05) is 24.3 Å². The van der Waals surface area contributed by atoms with Gasteiger partial charge in [0, 0.05) is 6.42 Å². The van der Waals surface area contributed by atoms with Gasteiger partial charge in [-0.2, -0.15) is 0 Å². The second-order valence-corrected chi connectivity index (χ2v) is 7.64. The molecule has 0 saturated carbocycles. The van der Waals surface area contributed by atoms with Crippen molar-refractivity contribution in [1.29, 1.82) is 0 Å². The summed E-state index contributed by atoms with van der Waals surface area (Å²) < 4.78 is 22.3. The number of rotatable bonds is 10. The lowest BCUT2D eigenvalue weighted by molar-refractivity contribution is -0.136. The fourth-order valence-electron chi connectivity index (χ4n) is 3.43. The van der Waals surface area contributed by atoms with Gasteiger partial charge in [-0.15, -0.1) is 0 Å². The Morgan fingerprint density at radius 3 is 2.24 bits per heavy atom. The Morgan fingerprint density at radius 1 is 0.912 bits per heavy atom. The highest BCUT2D eigenvalue weighted by Crippen LogP contribution is 2.34. The van der Waals surface area contributed by atoms with Crippen LogP contribution in [0, 0.1) is 0 Å². The molecule has 7 nitrogen and oxygen atoms in total. The Labute approximate surface area is 197 Å². The summed E-state index contributed by atoms with van der Waals surface area (Å²) >= 11 is 0. The van der Waals surface area contributed by atoms with Gasteiger partial charge < -0.3 is 24.1 Å². The average Bonchev–Trinajstić information content (AvgIpc) is 3.14. The van der Waals surface area contributed by atoms with Crippen LogP contribution in [0.15, 0.2) is 72.5 Å². The van der Waals surface area contributed by atoms with E-state index in [4.69, 9.17) is 24.1 Å². The van der Waals surface area contributed by atoms with Gasteiger partial charge in [0.2, 0.25) is 5.78 Å². The number of carbonyl (C=O) groups is 2. The molecule has 1 aliphatic heterocycles. The van der Waals surface area contributed by atoms with E-state index in [2.05, 4.69) is 0 Å². The number of aliphatic carboxylic acids is 1. The number of carbonyl (C=O) groups excluding carboxylic acids is 1. The standard InChI is InChI=1S/C27H24O7/c1-31-20-7-3-18(4-8-20)15-25-27(30)23-17-22(11-12-24(23)34-25)33-14-2-13-32-21-9-5-19(6-10-21)16-26(28)29/h3-12,15,17H,2,13-14,16H2,1H3,(H,28,29)/b25-15-. The first kappa shape index (κ1) is 22.9. The molecule has 0 saturated heterocycles. The van der Waals surface area contributed by atoms with Crippen LogP contribution in [0.1, 0.15) is 27.9 Å². The number of Topliss-reactive ketones (excluding diaryl/α,β-unsaturated/α-hetero) is 1. The van der Waals surface area contributed by atoms with Crippen LogP contribution in [0.4, 0.5) is 0 Å². The molecule has 0 aromatic heterocycles. The van der Waals surface area contributed by atoms with Gasteiger partial charge in [-0.3, -0.25) is 9.59 Å². The van der Waals surface area contributed by atoms with Crippen LogP contribution in [0.5, 0.6) is 23.0 Å². The van der Waals surface area contributed by atoms with E-state index in [0.717, 1.165) is 16.9 Å². The molecule has 0 aliphatic carbocycles. The molecule has 0 bridgehead atoms. The predicted octanol–water partition coefficient (Wildman–Crippen LogP) is 4.79. The maximum atomic E-state index is 12.8. The van der Waals surface area contributed by atoms with Crippen molar-refractivity contribution in [2.24, 2.45) is 0 Å². The van der Waals surface area contributed by atoms with Gasteiger partial charge in [0.1, 0.15) is 23.0 Å². The summed E-state index contributed by atoms with van der Waals surface area (Å²) in [6.45, 7) is 0.861. The molecule has 1 N–H and O–H groups in total. The zero-order chi connectivity index (χ0) is 23.9. The molecule has 0 amide bonds. The molecule has 0 spiro atoms. The van der Waals surface area contributed by atoms with E-state index >= 15 is 0 Å². The minimum atomic E-state index is -0.866. The summed E-state index contributed by atoms with van der Waals surface area (Å²) in [6, 6.07) is 19.5. The van der Waals surface area contributed by atoms with E-state index < -0.39 is 5.97 Å². The topological polar surface area (TPSA) is 91.3 Å². The molecular formula is C27H24O7.